The van der Waals surface area contributed by atoms with Crippen LogP contribution in [0.3, 0.4) is 0 Å². The number of aromatic nitrogens is 5. The molecule has 0 aliphatic heterocycles. The summed E-state index contributed by atoms with van der Waals surface area (Å²) < 4.78 is 78.1. The van der Waals surface area contributed by atoms with Gasteiger partial charge in [0.1, 0.15) is 11.4 Å². The molecular formula is C25H21F6N5S-2. The highest BCUT2D eigenvalue weighted by Crippen LogP contribution is 2.33. The monoisotopic (exact) mass is 537 g/mol. The highest BCUT2D eigenvalue weighted by atomic mass is 32.1. The van der Waals surface area contributed by atoms with Crippen molar-refractivity contribution in [2.75, 3.05) is 0 Å². The summed E-state index contributed by atoms with van der Waals surface area (Å²) in [6.45, 7) is 2.16. The summed E-state index contributed by atoms with van der Waals surface area (Å²) >= 11 is 1.63. The Bertz CT molecular complexity index is 1290. The summed E-state index contributed by atoms with van der Waals surface area (Å²) in [7, 11) is 0. The number of unbranched alkanes of at least 4 members (excludes halogenated alkanes) is 3. The van der Waals surface area contributed by atoms with E-state index in [1.165, 1.54) is 29.9 Å². The molecule has 0 fully saturated rings. The average Bonchev–Trinajstić information content (AvgIpc) is 3.60. The Balaban J connectivity index is 1.65. The van der Waals surface area contributed by atoms with Crippen molar-refractivity contribution in [2.45, 2.75) is 51.4 Å². The molecule has 0 saturated carbocycles. The second-order valence-electron chi connectivity index (χ2n) is 8.34. The predicted molar refractivity (Wildman–Crippen MR) is 128 cm³/mol. The summed E-state index contributed by atoms with van der Waals surface area (Å²) in [6, 6.07) is 8.48. The van der Waals surface area contributed by atoms with Gasteiger partial charge in [-0.3, -0.25) is 4.98 Å². The van der Waals surface area contributed by atoms with E-state index in [4.69, 9.17) is 0 Å². The molecule has 0 N–H and O–H groups in total. The van der Waals surface area contributed by atoms with E-state index in [-0.39, 0.29) is 22.8 Å². The molecule has 0 amide bonds. The summed E-state index contributed by atoms with van der Waals surface area (Å²) in [5.74, 6) is 0. The number of aryl methyl sites for hydroxylation is 1. The van der Waals surface area contributed by atoms with E-state index in [0.29, 0.717) is 5.56 Å². The average molecular weight is 538 g/mol. The third kappa shape index (κ3) is 6.88. The van der Waals surface area contributed by atoms with Gasteiger partial charge in [-0.15, -0.1) is 11.3 Å². The minimum absolute atomic E-state index is 0.0134. The van der Waals surface area contributed by atoms with Gasteiger partial charge in [-0.25, -0.2) is 0 Å². The van der Waals surface area contributed by atoms with Crippen LogP contribution in [0.25, 0.3) is 34.9 Å². The van der Waals surface area contributed by atoms with Crippen molar-refractivity contribution in [3.05, 3.63) is 63.1 Å². The molecular weight excluding hydrogens is 516 g/mol. The fourth-order valence-electron chi connectivity index (χ4n) is 3.55. The number of hydrogen-bond acceptors (Lipinski definition) is 4. The molecule has 196 valence electrons. The van der Waals surface area contributed by atoms with Crippen LogP contribution >= 0.6 is 11.3 Å². The fraction of sp³-hybridized carbons (Fsp3) is 0.320. The molecule has 0 unspecified atom stereocenters. The van der Waals surface area contributed by atoms with E-state index in [1.807, 2.05) is 12.1 Å². The van der Waals surface area contributed by atoms with Gasteiger partial charge < -0.3 is 20.4 Å². The summed E-state index contributed by atoms with van der Waals surface area (Å²) in [4.78, 5) is 6.41. The second kappa shape index (κ2) is 10.9. The Hall–Kier alpha value is -3.41. The van der Waals surface area contributed by atoms with Gasteiger partial charge in [0.15, 0.2) is 0 Å². The quantitative estimate of drug-likeness (QED) is 0.163. The Kier molecular flexibility index (Phi) is 7.86. The van der Waals surface area contributed by atoms with Crippen LogP contribution in [0.5, 0.6) is 0 Å². The fourth-order valence-corrected chi connectivity index (χ4v) is 4.51. The van der Waals surface area contributed by atoms with Gasteiger partial charge in [-0.05, 0) is 60.9 Å². The van der Waals surface area contributed by atoms with Gasteiger partial charge in [0.25, 0.3) is 0 Å². The molecule has 0 atom stereocenters. The maximum absolute atomic E-state index is 13.0. The van der Waals surface area contributed by atoms with E-state index < -0.39 is 23.7 Å². The van der Waals surface area contributed by atoms with Gasteiger partial charge in [0.2, 0.25) is 0 Å². The third-order valence-electron chi connectivity index (χ3n) is 5.43. The molecule has 0 aliphatic carbocycles. The molecule has 37 heavy (non-hydrogen) atoms. The molecule has 5 nitrogen and oxygen atoms in total. The van der Waals surface area contributed by atoms with Crippen LogP contribution in [0.4, 0.5) is 26.3 Å². The van der Waals surface area contributed by atoms with Gasteiger partial charge >= 0.3 is 12.4 Å². The molecule has 4 aromatic rings. The van der Waals surface area contributed by atoms with Crippen molar-refractivity contribution in [1.29, 1.82) is 0 Å². The zero-order chi connectivity index (χ0) is 26.6. The van der Waals surface area contributed by atoms with Gasteiger partial charge in [-0.2, -0.15) is 26.3 Å². The van der Waals surface area contributed by atoms with Crippen molar-refractivity contribution in [1.82, 2.24) is 25.4 Å². The van der Waals surface area contributed by atoms with Crippen molar-refractivity contribution < 1.29 is 26.3 Å². The van der Waals surface area contributed by atoms with Crippen LogP contribution in [-0.4, -0.2) is 15.2 Å². The SMILES string of the molecule is CCCCCCc1ccc(/C=C/c2cc(-c3cc(C(F)(F)F)n[n-]3)nc(-c3cc(C(F)(F)F)n[n-]3)c2)s1. The van der Waals surface area contributed by atoms with Crippen LogP contribution < -0.4 is 10.2 Å². The number of nitrogens with zero attached hydrogens (tertiary/aromatic N) is 5. The smallest absolute Gasteiger partial charge is 0.431 e. The molecule has 12 heteroatoms. The van der Waals surface area contributed by atoms with Crippen molar-refractivity contribution in [2.24, 2.45) is 0 Å². The first-order chi connectivity index (χ1) is 17.5. The number of rotatable bonds is 9. The molecule has 0 bridgehead atoms. The number of pyridine rings is 1. The molecule has 0 aliphatic rings. The predicted octanol–water partition coefficient (Wildman–Crippen LogP) is 7.51. The van der Waals surface area contributed by atoms with Crippen LogP contribution in [0, 0.1) is 0 Å². The normalized spacial score (nSPS) is 12.6. The van der Waals surface area contributed by atoms with Gasteiger partial charge in [0.05, 0.1) is 11.4 Å². The zero-order valence-electron chi connectivity index (χ0n) is 19.6. The number of hydrogen-bond donors (Lipinski definition) is 0. The molecule has 0 spiro atoms. The lowest BCUT2D eigenvalue weighted by Crippen LogP contribution is -2.04. The largest absolute Gasteiger partial charge is 0.573 e. The minimum atomic E-state index is -4.70. The van der Waals surface area contributed by atoms with Crippen molar-refractivity contribution in [3.63, 3.8) is 0 Å². The van der Waals surface area contributed by atoms with Crippen LogP contribution in [0.2, 0.25) is 0 Å². The Labute approximate surface area is 212 Å². The van der Waals surface area contributed by atoms with Gasteiger partial charge in [-0.1, -0.05) is 43.7 Å². The molecule has 0 saturated heterocycles. The summed E-state index contributed by atoms with van der Waals surface area (Å²) in [6.07, 6.45) is -0.231. The maximum Gasteiger partial charge on any atom is 0.431 e. The molecule has 0 aromatic carbocycles. The second-order valence-corrected chi connectivity index (χ2v) is 9.54. The van der Waals surface area contributed by atoms with E-state index >= 15 is 0 Å². The first-order valence-electron chi connectivity index (χ1n) is 11.5. The Morgan fingerprint density at radius 1 is 0.784 bits per heavy atom. The van der Waals surface area contributed by atoms with E-state index in [9.17, 15) is 26.3 Å². The lowest BCUT2D eigenvalue weighted by atomic mass is 10.1. The van der Waals surface area contributed by atoms with E-state index in [2.05, 4.69) is 38.4 Å². The van der Waals surface area contributed by atoms with E-state index in [0.717, 1.165) is 36.3 Å². The highest BCUT2D eigenvalue weighted by molar-refractivity contribution is 7.12. The first kappa shape index (κ1) is 26.6. The van der Waals surface area contributed by atoms with Gasteiger partial charge in [0, 0.05) is 9.75 Å². The molecule has 4 rings (SSSR count). The number of halogens is 6. The zero-order valence-corrected chi connectivity index (χ0v) is 20.4. The van der Waals surface area contributed by atoms with Crippen LogP contribution in [-0.2, 0) is 18.8 Å². The molecule has 0 radical (unpaired) electrons. The highest BCUT2D eigenvalue weighted by Gasteiger charge is 2.32. The minimum Gasteiger partial charge on any atom is -0.573 e. The Morgan fingerprint density at radius 2 is 1.38 bits per heavy atom. The number of alkyl halides is 6. The third-order valence-corrected chi connectivity index (χ3v) is 6.54. The van der Waals surface area contributed by atoms with Crippen LogP contribution in [0.1, 0.15) is 59.3 Å². The van der Waals surface area contributed by atoms with Crippen LogP contribution in [0.15, 0.2) is 36.4 Å². The summed E-state index contributed by atoms with van der Waals surface area (Å²) in [5, 5.41) is 13.4. The first-order valence-corrected chi connectivity index (χ1v) is 12.3. The molecule has 4 heterocycles. The van der Waals surface area contributed by atoms with Crippen molar-refractivity contribution >= 4 is 23.5 Å². The molecule has 4 aromatic heterocycles. The standard InChI is InChI=1S/C25H21F6N5S/c1-2-3-4-5-6-16-9-10-17(37-16)8-7-15-11-18(20-13-22(35-33-20)24(26,27)28)32-19(12-15)21-14-23(36-34-21)25(29,30)31/h7-14H,2-6H2,1H3/q-2/b8-7+. The Morgan fingerprint density at radius 3 is 1.89 bits per heavy atom. The van der Waals surface area contributed by atoms with E-state index in [1.54, 1.807) is 17.4 Å². The lowest BCUT2D eigenvalue weighted by molar-refractivity contribution is -0.142. The maximum atomic E-state index is 13.0. The number of thiophene rings is 1. The topological polar surface area (TPSA) is 66.9 Å². The summed E-state index contributed by atoms with van der Waals surface area (Å²) in [5.41, 5.74) is -2.19. The van der Waals surface area contributed by atoms with Crippen molar-refractivity contribution in [3.8, 4) is 22.8 Å². The lowest BCUT2D eigenvalue weighted by Gasteiger charge is -2.11.